The van der Waals surface area contributed by atoms with E-state index < -0.39 is 11.2 Å². The lowest BCUT2D eigenvalue weighted by atomic mass is 10.4. The van der Waals surface area contributed by atoms with E-state index in [2.05, 4.69) is 24.5 Å². The Balaban J connectivity index is 1.69. The number of anilines is 2. The molecule has 0 amide bonds. The van der Waals surface area contributed by atoms with Gasteiger partial charge in [0, 0.05) is 37.7 Å². The van der Waals surface area contributed by atoms with Crippen LogP contribution in [0.15, 0.2) is 0 Å². The van der Waals surface area contributed by atoms with Crippen molar-refractivity contribution >= 4 is 33.1 Å². The van der Waals surface area contributed by atoms with Gasteiger partial charge in [-0.15, -0.1) is 10.2 Å². The minimum atomic E-state index is -4.43. The van der Waals surface area contributed by atoms with Gasteiger partial charge in [0.15, 0.2) is 0 Å². The first-order chi connectivity index (χ1) is 10.4. The van der Waals surface area contributed by atoms with E-state index in [1.54, 1.807) is 0 Å². The number of rotatable bonds is 2. The van der Waals surface area contributed by atoms with Crippen LogP contribution in [0.1, 0.15) is 17.3 Å². The predicted molar refractivity (Wildman–Crippen MR) is 78.6 cm³/mol. The lowest BCUT2D eigenvalue weighted by Crippen LogP contribution is -2.30. The molecule has 120 valence electrons. The highest BCUT2D eigenvalue weighted by Crippen LogP contribution is 2.34. The normalized spacial score (nSPS) is 16.9. The van der Waals surface area contributed by atoms with Crippen molar-refractivity contribution in [2.24, 2.45) is 0 Å². The van der Waals surface area contributed by atoms with Crippen LogP contribution < -0.4 is 9.80 Å². The Morgan fingerprint density at radius 3 is 2.23 bits per heavy atom. The first kappa shape index (κ1) is 15.4. The highest BCUT2D eigenvalue weighted by Gasteiger charge is 2.36. The monoisotopic (exact) mass is 350 g/mol. The molecule has 3 heterocycles. The van der Waals surface area contributed by atoms with Gasteiger partial charge in [-0.2, -0.15) is 17.5 Å². The Morgan fingerprint density at radius 1 is 1.00 bits per heavy atom. The molecule has 1 aliphatic rings. The number of halogens is 3. The second kappa shape index (κ2) is 5.95. The van der Waals surface area contributed by atoms with E-state index in [-0.39, 0.29) is 0 Å². The molecule has 0 aliphatic carbocycles. The number of aryl methyl sites for hydroxylation is 1. The van der Waals surface area contributed by atoms with Crippen LogP contribution in [0.3, 0.4) is 0 Å². The van der Waals surface area contributed by atoms with Crippen LogP contribution in [-0.4, -0.2) is 45.7 Å². The van der Waals surface area contributed by atoms with E-state index in [9.17, 15) is 13.2 Å². The van der Waals surface area contributed by atoms with E-state index in [0.29, 0.717) is 36.1 Å². The minimum Gasteiger partial charge on any atom is -0.345 e. The fraction of sp³-hybridized carbons (Fsp3) is 0.636. The van der Waals surface area contributed by atoms with Crippen LogP contribution in [0.25, 0.3) is 0 Å². The van der Waals surface area contributed by atoms with E-state index in [1.165, 1.54) is 11.5 Å². The molecule has 1 saturated heterocycles. The van der Waals surface area contributed by atoms with Gasteiger partial charge in [-0.3, -0.25) is 0 Å². The zero-order chi connectivity index (χ0) is 15.7. The molecule has 0 N–H and O–H groups in total. The molecule has 0 unspecified atom stereocenters. The van der Waals surface area contributed by atoms with E-state index >= 15 is 0 Å². The molecule has 11 heteroatoms. The van der Waals surface area contributed by atoms with Crippen LogP contribution in [0.2, 0.25) is 0 Å². The molecule has 0 saturated carbocycles. The third-order valence-electron chi connectivity index (χ3n) is 3.21. The fourth-order valence-electron chi connectivity index (χ4n) is 2.17. The van der Waals surface area contributed by atoms with Crippen molar-refractivity contribution in [2.45, 2.75) is 19.5 Å². The van der Waals surface area contributed by atoms with Gasteiger partial charge in [-0.25, -0.2) is 4.98 Å². The average Bonchev–Trinajstić information content (AvgIpc) is 3.03. The van der Waals surface area contributed by atoms with E-state index in [4.69, 9.17) is 0 Å². The number of aromatic nitrogens is 4. The summed E-state index contributed by atoms with van der Waals surface area (Å²) in [4.78, 5) is 8.31. The molecule has 0 bridgehead atoms. The number of alkyl halides is 3. The molecular formula is C11H13F3N6S2. The van der Waals surface area contributed by atoms with Crippen LogP contribution in [0, 0.1) is 6.92 Å². The first-order valence-electron chi connectivity index (χ1n) is 6.64. The van der Waals surface area contributed by atoms with Gasteiger partial charge in [0.1, 0.15) is 5.82 Å². The number of hydrogen-bond acceptors (Lipinski definition) is 8. The van der Waals surface area contributed by atoms with Crippen molar-refractivity contribution < 1.29 is 13.2 Å². The van der Waals surface area contributed by atoms with Gasteiger partial charge in [0.05, 0.1) is 0 Å². The Labute approximate surface area is 132 Å². The summed E-state index contributed by atoms with van der Waals surface area (Å²) < 4.78 is 42.0. The van der Waals surface area contributed by atoms with Crippen LogP contribution in [0.5, 0.6) is 0 Å². The molecule has 0 radical (unpaired) electrons. The largest absolute Gasteiger partial charge is 0.445 e. The highest BCUT2D eigenvalue weighted by molar-refractivity contribution is 7.15. The van der Waals surface area contributed by atoms with Gasteiger partial charge >= 0.3 is 6.18 Å². The summed E-state index contributed by atoms with van der Waals surface area (Å²) in [6.07, 6.45) is -3.61. The summed E-state index contributed by atoms with van der Waals surface area (Å²) >= 11 is 1.93. The van der Waals surface area contributed by atoms with Crippen molar-refractivity contribution in [3.05, 3.63) is 10.8 Å². The van der Waals surface area contributed by atoms with Gasteiger partial charge in [0.2, 0.25) is 15.3 Å². The molecule has 22 heavy (non-hydrogen) atoms. The molecule has 3 rings (SSSR count). The topological polar surface area (TPSA) is 58.0 Å². The molecule has 1 aliphatic heterocycles. The first-order valence-corrected chi connectivity index (χ1v) is 8.23. The lowest BCUT2D eigenvalue weighted by Gasteiger charge is -2.20. The Bertz CT molecular complexity index is 640. The summed E-state index contributed by atoms with van der Waals surface area (Å²) in [6.45, 7) is 4.56. The van der Waals surface area contributed by atoms with Gasteiger partial charge in [0.25, 0.3) is 0 Å². The third-order valence-corrected chi connectivity index (χ3v) is 5.11. The molecule has 6 nitrogen and oxygen atoms in total. The maximum Gasteiger partial charge on any atom is 0.445 e. The summed E-state index contributed by atoms with van der Waals surface area (Å²) in [5.41, 5.74) is 0. The maximum absolute atomic E-state index is 12.6. The minimum absolute atomic E-state index is 0.322. The zero-order valence-corrected chi connectivity index (χ0v) is 13.3. The summed E-state index contributed by atoms with van der Waals surface area (Å²) in [7, 11) is 0. The highest BCUT2D eigenvalue weighted by atomic mass is 32.1. The quantitative estimate of drug-likeness (QED) is 0.829. The second-order valence-electron chi connectivity index (χ2n) is 4.84. The number of nitrogens with zero attached hydrogens (tertiary/aromatic N) is 6. The van der Waals surface area contributed by atoms with Crippen LogP contribution in [0.4, 0.5) is 23.4 Å². The standard InChI is InChI=1S/C11H13F3N6S2/c1-7-15-9(22-18-7)19-3-2-4-20(6-5-19)10-17-16-8(21-10)11(12,13)14/h2-6H2,1H3. The average molecular weight is 350 g/mol. The van der Waals surface area contributed by atoms with Gasteiger partial charge in [-0.1, -0.05) is 11.3 Å². The summed E-state index contributed by atoms with van der Waals surface area (Å²) in [6, 6.07) is 0. The van der Waals surface area contributed by atoms with E-state index in [1.807, 2.05) is 11.8 Å². The number of hydrogen-bond donors (Lipinski definition) is 0. The van der Waals surface area contributed by atoms with Crippen molar-refractivity contribution in [2.75, 3.05) is 36.0 Å². The summed E-state index contributed by atoms with van der Waals surface area (Å²) in [5, 5.41) is 7.20. The Kier molecular flexibility index (Phi) is 4.17. The second-order valence-corrected chi connectivity index (χ2v) is 6.53. The SMILES string of the molecule is Cc1nsc(N2CCCN(c3nnc(C(F)(F)F)s3)CC2)n1. The molecule has 0 spiro atoms. The molecule has 0 aromatic carbocycles. The van der Waals surface area contributed by atoms with E-state index in [0.717, 1.165) is 23.9 Å². The van der Waals surface area contributed by atoms with Crippen LogP contribution in [-0.2, 0) is 6.18 Å². The van der Waals surface area contributed by atoms with Crippen molar-refractivity contribution in [1.29, 1.82) is 0 Å². The molecular weight excluding hydrogens is 337 g/mol. The zero-order valence-electron chi connectivity index (χ0n) is 11.7. The van der Waals surface area contributed by atoms with Crippen molar-refractivity contribution in [3.8, 4) is 0 Å². The third kappa shape index (κ3) is 3.29. The fourth-order valence-corrected chi connectivity index (χ4v) is 3.66. The molecule has 0 atom stereocenters. The summed E-state index contributed by atoms with van der Waals surface area (Å²) in [5.74, 6) is 0.736. The molecule has 2 aromatic heterocycles. The lowest BCUT2D eigenvalue weighted by molar-refractivity contribution is -0.138. The van der Waals surface area contributed by atoms with Crippen molar-refractivity contribution in [1.82, 2.24) is 19.6 Å². The van der Waals surface area contributed by atoms with Gasteiger partial charge < -0.3 is 9.80 Å². The molecule has 1 fully saturated rings. The predicted octanol–water partition coefficient (Wildman–Crippen LogP) is 2.43. The Morgan fingerprint density at radius 2 is 1.68 bits per heavy atom. The van der Waals surface area contributed by atoms with Gasteiger partial charge in [-0.05, 0) is 13.3 Å². The van der Waals surface area contributed by atoms with Crippen LogP contribution >= 0.6 is 22.9 Å². The maximum atomic E-state index is 12.6. The smallest absolute Gasteiger partial charge is 0.345 e. The van der Waals surface area contributed by atoms with Crippen molar-refractivity contribution in [3.63, 3.8) is 0 Å². The Hall–Kier alpha value is -1.49. The molecule has 2 aromatic rings.